The highest BCUT2D eigenvalue weighted by molar-refractivity contribution is 5.81. The normalized spacial score (nSPS) is 15.7. The number of hydrogen-bond acceptors (Lipinski definition) is 7. The van der Waals surface area contributed by atoms with Gasteiger partial charge in [0.25, 0.3) is 5.91 Å². The molecule has 0 bridgehead atoms. The first kappa shape index (κ1) is 28.2. The van der Waals surface area contributed by atoms with E-state index in [2.05, 4.69) is 12.2 Å². The quantitative estimate of drug-likeness (QED) is 0.160. The van der Waals surface area contributed by atoms with E-state index < -0.39 is 36.9 Å². The monoisotopic (exact) mass is 421 g/mol. The van der Waals surface area contributed by atoms with Crippen LogP contribution in [-0.2, 0) is 9.53 Å². The number of hydrogen-bond donors (Lipinski definition) is 6. The maximum atomic E-state index is 11.7. The molecular weight excluding hydrogens is 378 g/mol. The Bertz CT molecular complexity index is 384. The van der Waals surface area contributed by atoms with E-state index in [1.165, 1.54) is 51.4 Å². The van der Waals surface area contributed by atoms with Crippen LogP contribution in [0.5, 0.6) is 0 Å². The summed E-state index contributed by atoms with van der Waals surface area (Å²) in [6.45, 7) is 2.89. The minimum atomic E-state index is -1.89. The summed E-state index contributed by atoms with van der Waals surface area (Å²) in [4.78, 5) is 11.7. The van der Waals surface area contributed by atoms with Crippen LogP contribution in [0.2, 0.25) is 0 Å². The van der Waals surface area contributed by atoms with Crippen molar-refractivity contribution in [1.82, 2.24) is 5.32 Å². The Kier molecular flexibility index (Phi) is 18.7. The molecule has 0 fully saturated rings. The minimum absolute atomic E-state index is 0.263. The van der Waals surface area contributed by atoms with E-state index in [1.807, 2.05) is 0 Å². The summed E-state index contributed by atoms with van der Waals surface area (Å²) in [6, 6.07) is 0. The summed E-state index contributed by atoms with van der Waals surface area (Å²) in [5, 5.41) is 49.2. The highest BCUT2D eigenvalue weighted by atomic mass is 16.5. The molecule has 0 aliphatic heterocycles. The molecule has 0 saturated carbocycles. The molecule has 6 N–H and O–H groups in total. The predicted molar refractivity (Wildman–Crippen MR) is 111 cm³/mol. The summed E-state index contributed by atoms with van der Waals surface area (Å²) in [5.74, 6) is -0.851. The van der Waals surface area contributed by atoms with Crippen molar-refractivity contribution in [2.24, 2.45) is 0 Å². The number of ether oxygens (including phenoxy) is 1. The summed E-state index contributed by atoms with van der Waals surface area (Å²) in [6.07, 6.45) is 6.08. The van der Waals surface area contributed by atoms with Crippen LogP contribution in [0.15, 0.2) is 0 Å². The molecule has 29 heavy (non-hydrogen) atoms. The topological polar surface area (TPSA) is 139 Å². The van der Waals surface area contributed by atoms with Gasteiger partial charge in [0.05, 0.1) is 6.61 Å². The molecule has 0 aliphatic rings. The zero-order chi connectivity index (χ0) is 21.9. The fraction of sp³-hybridized carbons (Fsp3) is 0.952. The molecule has 4 atom stereocenters. The van der Waals surface area contributed by atoms with Gasteiger partial charge >= 0.3 is 0 Å². The molecule has 1 amide bonds. The second-order valence-corrected chi connectivity index (χ2v) is 7.61. The van der Waals surface area contributed by atoms with Gasteiger partial charge < -0.3 is 35.6 Å². The van der Waals surface area contributed by atoms with Crippen molar-refractivity contribution in [3.63, 3.8) is 0 Å². The lowest BCUT2D eigenvalue weighted by molar-refractivity contribution is -0.148. The van der Waals surface area contributed by atoms with Gasteiger partial charge in [-0.05, 0) is 12.8 Å². The van der Waals surface area contributed by atoms with Gasteiger partial charge in [0.2, 0.25) is 0 Å². The first-order chi connectivity index (χ1) is 14.0. The van der Waals surface area contributed by atoms with Gasteiger partial charge in [0.15, 0.2) is 6.10 Å². The fourth-order valence-corrected chi connectivity index (χ4v) is 2.96. The molecule has 8 nitrogen and oxygen atoms in total. The van der Waals surface area contributed by atoms with Gasteiger partial charge in [0.1, 0.15) is 18.3 Å². The molecule has 0 heterocycles. The zero-order valence-corrected chi connectivity index (χ0v) is 18.0. The van der Waals surface area contributed by atoms with E-state index in [9.17, 15) is 25.2 Å². The molecule has 0 saturated heterocycles. The third-order valence-corrected chi connectivity index (χ3v) is 4.93. The van der Waals surface area contributed by atoms with Crippen molar-refractivity contribution in [1.29, 1.82) is 0 Å². The molecular formula is C21H43NO7. The molecule has 0 spiro atoms. The van der Waals surface area contributed by atoms with Crippen LogP contribution in [0, 0.1) is 0 Å². The number of aliphatic hydroxyl groups excluding tert-OH is 5. The Morgan fingerprint density at radius 3 is 1.86 bits per heavy atom. The van der Waals surface area contributed by atoms with Crippen molar-refractivity contribution in [2.75, 3.05) is 26.4 Å². The lowest BCUT2D eigenvalue weighted by Crippen LogP contribution is -2.51. The number of rotatable bonds is 20. The van der Waals surface area contributed by atoms with Crippen LogP contribution in [0.4, 0.5) is 0 Å². The minimum Gasteiger partial charge on any atom is -0.394 e. The highest BCUT2D eigenvalue weighted by Gasteiger charge is 2.33. The van der Waals surface area contributed by atoms with E-state index in [1.54, 1.807) is 0 Å². The molecule has 0 unspecified atom stereocenters. The lowest BCUT2D eigenvalue weighted by atomic mass is 10.0. The first-order valence-electron chi connectivity index (χ1n) is 11.1. The lowest BCUT2D eigenvalue weighted by Gasteiger charge is -2.24. The average Bonchev–Trinajstić information content (AvgIpc) is 2.73. The molecule has 0 aromatic rings. The highest BCUT2D eigenvalue weighted by Crippen LogP contribution is 2.10. The Morgan fingerprint density at radius 1 is 0.793 bits per heavy atom. The molecule has 8 heteroatoms. The molecule has 0 aromatic heterocycles. The molecule has 0 aliphatic carbocycles. The SMILES string of the molecule is CCCCCCCCCCCCOCCCNC(=O)[C@H](O)[C@@H](O)[C@H](O)[C@H](O)CO. The third kappa shape index (κ3) is 14.8. The van der Waals surface area contributed by atoms with Crippen molar-refractivity contribution in [3.05, 3.63) is 0 Å². The van der Waals surface area contributed by atoms with Gasteiger partial charge in [-0.2, -0.15) is 0 Å². The van der Waals surface area contributed by atoms with Crippen molar-refractivity contribution in [2.45, 2.75) is 102 Å². The predicted octanol–water partition coefficient (Wildman–Crippen LogP) is 0.866. The number of unbranched alkanes of at least 4 members (excludes halogenated alkanes) is 9. The number of aliphatic hydroxyl groups is 5. The Morgan fingerprint density at radius 2 is 1.31 bits per heavy atom. The van der Waals surface area contributed by atoms with E-state index in [0.717, 1.165) is 12.8 Å². The van der Waals surface area contributed by atoms with Crippen LogP contribution < -0.4 is 5.32 Å². The molecule has 174 valence electrons. The van der Waals surface area contributed by atoms with Crippen LogP contribution in [-0.4, -0.2) is 82.2 Å². The second-order valence-electron chi connectivity index (χ2n) is 7.61. The summed E-state index contributed by atoms with van der Waals surface area (Å²) in [5.41, 5.74) is 0. The van der Waals surface area contributed by atoms with Gasteiger partial charge in [-0.25, -0.2) is 0 Å². The van der Waals surface area contributed by atoms with Gasteiger partial charge in [-0.3, -0.25) is 4.79 Å². The Labute approximate surface area is 175 Å². The van der Waals surface area contributed by atoms with E-state index in [4.69, 9.17) is 9.84 Å². The number of nitrogens with one attached hydrogen (secondary N) is 1. The van der Waals surface area contributed by atoms with Crippen LogP contribution in [0.1, 0.15) is 77.6 Å². The molecule has 0 aromatic carbocycles. The zero-order valence-electron chi connectivity index (χ0n) is 18.0. The number of carbonyl (C=O) groups excluding carboxylic acids is 1. The van der Waals surface area contributed by atoms with Crippen LogP contribution in [0.3, 0.4) is 0 Å². The maximum Gasteiger partial charge on any atom is 0.251 e. The smallest absolute Gasteiger partial charge is 0.251 e. The van der Waals surface area contributed by atoms with E-state index in [0.29, 0.717) is 19.6 Å². The van der Waals surface area contributed by atoms with Gasteiger partial charge in [-0.1, -0.05) is 64.7 Å². The molecule has 0 rings (SSSR count). The fourth-order valence-electron chi connectivity index (χ4n) is 2.96. The summed E-state index contributed by atoms with van der Waals surface area (Å²) >= 11 is 0. The summed E-state index contributed by atoms with van der Waals surface area (Å²) in [7, 11) is 0. The van der Waals surface area contributed by atoms with Crippen molar-refractivity contribution >= 4 is 5.91 Å². The maximum absolute atomic E-state index is 11.7. The van der Waals surface area contributed by atoms with Crippen LogP contribution >= 0.6 is 0 Å². The Hall–Kier alpha value is -0.770. The standard InChI is InChI=1S/C21H43NO7/c1-2-3-4-5-6-7-8-9-10-11-14-29-15-12-13-22-21(28)20(27)19(26)18(25)17(24)16-23/h17-20,23-27H,2-16H2,1H3,(H,22,28)/t17-,18-,19+,20-/m1/s1. The number of carbonyl (C=O) groups is 1. The van der Waals surface area contributed by atoms with Gasteiger partial charge in [-0.15, -0.1) is 0 Å². The average molecular weight is 422 g/mol. The van der Waals surface area contributed by atoms with Gasteiger partial charge in [0, 0.05) is 19.8 Å². The number of amides is 1. The van der Waals surface area contributed by atoms with Crippen LogP contribution in [0.25, 0.3) is 0 Å². The van der Waals surface area contributed by atoms with E-state index in [-0.39, 0.29) is 6.54 Å². The second kappa shape index (κ2) is 19.2. The first-order valence-corrected chi connectivity index (χ1v) is 11.1. The Balaban J connectivity index is 3.50. The largest absolute Gasteiger partial charge is 0.394 e. The third-order valence-electron chi connectivity index (χ3n) is 4.93. The summed E-state index contributed by atoms with van der Waals surface area (Å²) < 4.78 is 5.52. The van der Waals surface area contributed by atoms with E-state index >= 15 is 0 Å². The molecule has 0 radical (unpaired) electrons. The van der Waals surface area contributed by atoms with Crippen molar-refractivity contribution in [3.8, 4) is 0 Å². The van der Waals surface area contributed by atoms with Crippen molar-refractivity contribution < 1.29 is 35.1 Å².